The van der Waals surface area contributed by atoms with Gasteiger partial charge >= 0.3 is 0 Å². The van der Waals surface area contributed by atoms with Crippen LogP contribution in [0.3, 0.4) is 0 Å². The van der Waals surface area contributed by atoms with Crippen molar-refractivity contribution in [3.8, 4) is 0 Å². The first kappa shape index (κ1) is 23.5. The van der Waals surface area contributed by atoms with Crippen LogP contribution in [0.2, 0.25) is 5.02 Å². The maximum Gasteiger partial charge on any atom is 0.261 e. The second-order valence-electron chi connectivity index (χ2n) is 10.1. The van der Waals surface area contributed by atoms with E-state index in [0.717, 1.165) is 52.0 Å². The van der Waals surface area contributed by atoms with E-state index in [-0.39, 0.29) is 16.8 Å². The van der Waals surface area contributed by atoms with Crippen molar-refractivity contribution in [3.05, 3.63) is 40.3 Å². The zero-order chi connectivity index (χ0) is 24.0. The summed E-state index contributed by atoms with van der Waals surface area (Å²) in [6.45, 7) is 3.87. The average Bonchev–Trinajstić information content (AvgIpc) is 3.40. The summed E-state index contributed by atoms with van der Waals surface area (Å²) < 4.78 is 20.4. The van der Waals surface area contributed by atoms with Crippen molar-refractivity contribution in [2.45, 2.75) is 37.2 Å². The molecule has 3 aliphatic rings. The van der Waals surface area contributed by atoms with Gasteiger partial charge in [0.15, 0.2) is 0 Å². The lowest BCUT2D eigenvalue weighted by Gasteiger charge is -2.34. The largest absolute Gasteiger partial charge is 0.389 e. The van der Waals surface area contributed by atoms with Crippen molar-refractivity contribution in [1.82, 2.24) is 14.7 Å². The minimum Gasteiger partial charge on any atom is -0.389 e. The normalized spacial score (nSPS) is 29.4. The Morgan fingerprint density at radius 1 is 1.32 bits per heavy atom. The van der Waals surface area contributed by atoms with Crippen LogP contribution in [0.15, 0.2) is 18.2 Å². The molecule has 10 heteroatoms. The second-order valence-corrected chi connectivity index (χ2v) is 10.5. The van der Waals surface area contributed by atoms with Crippen LogP contribution in [0, 0.1) is 17.7 Å². The molecule has 5 rings (SSSR count). The number of carbonyl (C=O) groups is 1. The molecule has 0 spiro atoms. The number of ether oxygens (including phenoxy) is 1. The summed E-state index contributed by atoms with van der Waals surface area (Å²) in [5.41, 5.74) is 7.02. The molecule has 3 unspecified atom stereocenters. The Labute approximate surface area is 203 Å². The maximum atomic E-state index is 13.5. The molecule has 8 nitrogen and oxygen atoms in total. The quantitative estimate of drug-likeness (QED) is 0.593. The van der Waals surface area contributed by atoms with E-state index >= 15 is 0 Å². The Morgan fingerprint density at radius 2 is 2.00 bits per heavy atom. The molecule has 34 heavy (non-hydrogen) atoms. The molecule has 2 aliphatic carbocycles. The zero-order valence-electron chi connectivity index (χ0n) is 19.3. The van der Waals surface area contributed by atoms with E-state index in [0.29, 0.717) is 41.1 Å². The van der Waals surface area contributed by atoms with E-state index in [1.165, 1.54) is 22.9 Å². The lowest BCUT2D eigenvalue weighted by Crippen LogP contribution is -2.46. The van der Waals surface area contributed by atoms with Crippen LogP contribution in [0.4, 0.5) is 15.9 Å². The molecule has 3 fully saturated rings. The highest BCUT2D eigenvalue weighted by atomic mass is 35.5. The molecule has 1 aliphatic heterocycles. The topological polar surface area (TPSA) is 106 Å². The number of nitrogen functional groups attached to an aromatic ring is 1. The van der Waals surface area contributed by atoms with E-state index in [1.807, 2.05) is 0 Å². The SMILES string of the molecule is Cn1nc(C2CC3CC(O)(CN4CCOCC4)C[C@@H]3C2)c(C(=O)Nc2ccc(F)c(Cl)c2)c1N. The molecule has 184 valence electrons. The minimum atomic E-state index is -0.664. The van der Waals surface area contributed by atoms with Crippen molar-refractivity contribution in [2.75, 3.05) is 43.9 Å². The number of nitrogens with one attached hydrogen (secondary N) is 1. The van der Waals surface area contributed by atoms with E-state index in [4.69, 9.17) is 22.1 Å². The summed E-state index contributed by atoms with van der Waals surface area (Å²) in [5, 5.41) is 18.6. The summed E-state index contributed by atoms with van der Waals surface area (Å²) in [7, 11) is 1.72. The first-order valence-electron chi connectivity index (χ1n) is 11.8. The van der Waals surface area contributed by atoms with Gasteiger partial charge in [-0.1, -0.05) is 11.6 Å². The van der Waals surface area contributed by atoms with Gasteiger partial charge in [0.1, 0.15) is 17.2 Å². The predicted octanol–water partition coefficient (Wildman–Crippen LogP) is 3.01. The number of halogens is 2. The molecule has 1 aromatic heterocycles. The third kappa shape index (κ3) is 4.54. The first-order chi connectivity index (χ1) is 16.2. The number of nitrogens with two attached hydrogens (primary N) is 1. The number of aryl methyl sites for hydroxylation is 1. The van der Waals surface area contributed by atoms with Crippen LogP contribution in [0.1, 0.15) is 47.7 Å². The monoisotopic (exact) mass is 491 g/mol. The van der Waals surface area contributed by atoms with Gasteiger partial charge in [0, 0.05) is 38.3 Å². The molecule has 2 heterocycles. The van der Waals surface area contributed by atoms with Crippen molar-refractivity contribution < 1.29 is 19.0 Å². The van der Waals surface area contributed by atoms with Crippen LogP contribution in [-0.2, 0) is 11.8 Å². The Balaban J connectivity index is 1.29. The smallest absolute Gasteiger partial charge is 0.261 e. The van der Waals surface area contributed by atoms with Crippen LogP contribution in [0.5, 0.6) is 0 Å². The van der Waals surface area contributed by atoms with Gasteiger partial charge in [0.25, 0.3) is 5.91 Å². The maximum absolute atomic E-state index is 13.5. The Morgan fingerprint density at radius 3 is 2.65 bits per heavy atom. The van der Waals surface area contributed by atoms with Gasteiger partial charge in [-0.3, -0.25) is 14.4 Å². The number of rotatable bonds is 5. The van der Waals surface area contributed by atoms with Gasteiger partial charge in [-0.2, -0.15) is 5.10 Å². The van der Waals surface area contributed by atoms with E-state index in [1.54, 1.807) is 7.05 Å². The molecule has 4 N–H and O–H groups in total. The molecule has 1 saturated heterocycles. The fourth-order valence-electron chi connectivity index (χ4n) is 6.14. The number of β-amino-alcohol motifs (C(OH)–C–C–N with tert-alkyl or cyclic N) is 1. The first-order valence-corrected chi connectivity index (χ1v) is 12.2. The second kappa shape index (κ2) is 9.11. The van der Waals surface area contributed by atoms with Crippen LogP contribution in [-0.4, -0.2) is 64.1 Å². The van der Waals surface area contributed by atoms with Gasteiger partial charge in [0.2, 0.25) is 0 Å². The van der Waals surface area contributed by atoms with Crippen molar-refractivity contribution in [3.63, 3.8) is 0 Å². The standard InChI is InChI=1S/C24H31ClFN5O3/c1-30-22(27)20(23(32)28-17-2-3-19(26)18(25)10-17)21(29-30)14-8-15-11-24(33,12-16(15)9-14)13-31-4-6-34-7-5-31/h2-3,10,14-16,33H,4-9,11-13,27H2,1H3,(H,28,32)/t14?,15-,16?,24?/m0/s1. The van der Waals surface area contributed by atoms with E-state index < -0.39 is 11.4 Å². The highest BCUT2D eigenvalue weighted by Crippen LogP contribution is 2.54. The summed E-state index contributed by atoms with van der Waals surface area (Å²) in [5.74, 6) is 0.249. The fourth-order valence-corrected chi connectivity index (χ4v) is 6.32. The van der Waals surface area contributed by atoms with Gasteiger partial charge in [-0.25, -0.2) is 4.39 Å². The minimum absolute atomic E-state index is 0.0645. The number of morpholine rings is 1. The molecule has 0 radical (unpaired) electrons. The van der Waals surface area contributed by atoms with Crippen molar-refractivity contribution in [2.24, 2.45) is 18.9 Å². The number of nitrogens with zero attached hydrogens (tertiary/aromatic N) is 3. The average molecular weight is 492 g/mol. The molecule has 2 aromatic rings. The highest BCUT2D eigenvalue weighted by molar-refractivity contribution is 6.31. The number of fused-ring (bicyclic) bond motifs is 1. The molecule has 1 amide bonds. The van der Waals surface area contributed by atoms with Crippen LogP contribution in [0.25, 0.3) is 0 Å². The molecular weight excluding hydrogens is 461 g/mol. The van der Waals surface area contributed by atoms with E-state index in [9.17, 15) is 14.3 Å². The fraction of sp³-hybridized carbons (Fsp3) is 0.583. The number of hydrogen-bond acceptors (Lipinski definition) is 6. The van der Waals surface area contributed by atoms with Gasteiger partial charge in [-0.15, -0.1) is 0 Å². The summed E-state index contributed by atoms with van der Waals surface area (Å²) >= 11 is 5.86. The van der Waals surface area contributed by atoms with Gasteiger partial charge < -0.3 is 20.9 Å². The lowest BCUT2D eigenvalue weighted by molar-refractivity contribution is -0.0326. The van der Waals surface area contributed by atoms with Crippen molar-refractivity contribution >= 4 is 29.0 Å². The summed E-state index contributed by atoms with van der Waals surface area (Å²) in [6, 6.07) is 4.04. The third-order valence-corrected chi connectivity index (χ3v) is 7.95. The lowest BCUT2D eigenvalue weighted by atomic mass is 9.91. The molecule has 0 bridgehead atoms. The molecule has 2 saturated carbocycles. The number of aliphatic hydroxyl groups is 1. The number of benzene rings is 1. The molecule has 4 atom stereocenters. The number of aromatic nitrogens is 2. The predicted molar refractivity (Wildman–Crippen MR) is 127 cm³/mol. The number of amides is 1. The summed E-state index contributed by atoms with van der Waals surface area (Å²) in [6.07, 6.45) is 3.28. The van der Waals surface area contributed by atoms with Gasteiger partial charge in [-0.05, 0) is 55.7 Å². The number of carbonyl (C=O) groups excluding carboxylic acids is 1. The Hall–Kier alpha value is -2.20. The van der Waals surface area contributed by atoms with Crippen LogP contribution < -0.4 is 11.1 Å². The third-order valence-electron chi connectivity index (χ3n) is 7.66. The summed E-state index contributed by atoms with van der Waals surface area (Å²) in [4.78, 5) is 15.5. The Bertz CT molecular complexity index is 1070. The van der Waals surface area contributed by atoms with Gasteiger partial charge in [0.05, 0.1) is 29.5 Å². The van der Waals surface area contributed by atoms with E-state index in [2.05, 4.69) is 15.3 Å². The molecular formula is C24H31ClFN5O3. The Kier molecular flexibility index (Phi) is 6.31. The van der Waals surface area contributed by atoms with Crippen LogP contribution >= 0.6 is 11.6 Å². The zero-order valence-corrected chi connectivity index (χ0v) is 20.0. The number of hydrogen-bond donors (Lipinski definition) is 3. The highest BCUT2D eigenvalue weighted by Gasteiger charge is 2.50. The van der Waals surface area contributed by atoms with Crippen molar-refractivity contribution in [1.29, 1.82) is 0 Å². The molecule has 1 aromatic carbocycles. The number of anilines is 2.